The van der Waals surface area contributed by atoms with Crippen molar-refractivity contribution in [1.82, 2.24) is 4.57 Å². The van der Waals surface area contributed by atoms with E-state index < -0.39 is 18.0 Å². The number of rotatable bonds is 5. The highest BCUT2D eigenvalue weighted by molar-refractivity contribution is 6.04. The van der Waals surface area contributed by atoms with Crippen LogP contribution in [0.2, 0.25) is 0 Å². The second-order valence-electron chi connectivity index (χ2n) is 8.75. The third kappa shape index (κ3) is 4.29. The third-order valence-corrected chi connectivity index (χ3v) is 6.23. The van der Waals surface area contributed by atoms with E-state index in [1.165, 1.54) is 0 Å². The van der Waals surface area contributed by atoms with Gasteiger partial charge in [-0.25, -0.2) is 4.79 Å². The van der Waals surface area contributed by atoms with Crippen molar-refractivity contribution in [2.75, 3.05) is 18.5 Å². The first kappa shape index (κ1) is 23.2. The Morgan fingerprint density at radius 1 is 1.03 bits per heavy atom. The molecule has 5 rings (SSSR count). The van der Waals surface area contributed by atoms with Gasteiger partial charge in [-0.1, -0.05) is 24.3 Å². The number of hydrogen-bond donors (Lipinski definition) is 1. The van der Waals surface area contributed by atoms with Crippen LogP contribution in [-0.4, -0.2) is 47.2 Å². The highest BCUT2D eigenvalue weighted by Gasteiger charge is 2.30. The molecule has 1 atom stereocenters. The normalized spacial score (nSPS) is 14.7. The molecule has 0 saturated heterocycles. The van der Waals surface area contributed by atoms with Gasteiger partial charge in [0.1, 0.15) is 11.5 Å². The first-order valence-electron chi connectivity index (χ1n) is 11.5. The van der Waals surface area contributed by atoms with Gasteiger partial charge in [-0.15, -0.1) is 0 Å². The summed E-state index contributed by atoms with van der Waals surface area (Å²) in [6.07, 6.45) is -0.902. The number of carboxylic acids is 1. The molecular formula is C28H24N2O6. The van der Waals surface area contributed by atoms with Gasteiger partial charge in [0.05, 0.1) is 24.2 Å². The van der Waals surface area contributed by atoms with Gasteiger partial charge in [0, 0.05) is 23.7 Å². The summed E-state index contributed by atoms with van der Waals surface area (Å²) in [5.41, 5.74) is 3.30. The zero-order valence-electron chi connectivity index (χ0n) is 19.8. The van der Waals surface area contributed by atoms with Gasteiger partial charge < -0.3 is 19.5 Å². The first-order chi connectivity index (χ1) is 17.3. The Labute approximate surface area is 207 Å². The minimum absolute atomic E-state index is 0.124. The van der Waals surface area contributed by atoms with Crippen LogP contribution in [0.5, 0.6) is 11.5 Å². The fourth-order valence-electron chi connectivity index (χ4n) is 4.52. The zero-order chi connectivity index (χ0) is 25.4. The maximum Gasteiger partial charge on any atom is 0.354 e. The Morgan fingerprint density at radius 2 is 1.78 bits per heavy atom. The maximum atomic E-state index is 13.3. The minimum atomic E-state index is -0.932. The molecule has 182 valence electrons. The van der Waals surface area contributed by atoms with Crippen molar-refractivity contribution in [3.8, 4) is 11.5 Å². The molecule has 1 unspecified atom stereocenters. The number of esters is 1. The van der Waals surface area contributed by atoms with Crippen LogP contribution in [0.15, 0.2) is 72.8 Å². The fraction of sp³-hybridized carbons (Fsp3) is 0.179. The molecule has 1 aliphatic rings. The molecule has 36 heavy (non-hydrogen) atoms. The maximum absolute atomic E-state index is 13.3. The molecule has 0 fully saturated rings. The molecule has 1 N–H and O–H groups in total. The smallest absolute Gasteiger partial charge is 0.354 e. The standard InChI is InChI=1S/C28H24N2O6/c1-17-14-21-19(15-26(31)32)6-5-8-22(21)30(17)27(33)18-10-12-20(13-11-18)35-28(34)25-16-29(2)23-7-3-4-9-24(23)36-25/h3-14,25H,15-16H2,1-2H3,(H,31,32). The summed E-state index contributed by atoms with van der Waals surface area (Å²) in [6.45, 7) is 2.16. The van der Waals surface area contributed by atoms with Gasteiger partial charge in [-0.05, 0) is 61.0 Å². The predicted octanol–water partition coefficient (Wildman–Crippen LogP) is 4.07. The van der Waals surface area contributed by atoms with Gasteiger partial charge in [0.25, 0.3) is 5.91 Å². The number of fused-ring (bicyclic) bond motifs is 2. The van der Waals surface area contributed by atoms with E-state index in [-0.39, 0.29) is 12.3 Å². The summed E-state index contributed by atoms with van der Waals surface area (Å²) in [5, 5.41) is 9.93. The van der Waals surface area contributed by atoms with Crippen molar-refractivity contribution >= 4 is 34.4 Å². The fourth-order valence-corrected chi connectivity index (χ4v) is 4.52. The summed E-state index contributed by atoms with van der Waals surface area (Å²) < 4.78 is 12.9. The lowest BCUT2D eigenvalue weighted by atomic mass is 10.1. The van der Waals surface area contributed by atoms with Crippen LogP contribution in [0.3, 0.4) is 0 Å². The molecule has 1 aliphatic heterocycles. The summed E-state index contributed by atoms with van der Waals surface area (Å²) in [5.74, 6) is -0.788. The zero-order valence-corrected chi connectivity index (χ0v) is 19.8. The average molecular weight is 485 g/mol. The quantitative estimate of drug-likeness (QED) is 0.337. The van der Waals surface area contributed by atoms with E-state index in [0.29, 0.717) is 40.4 Å². The highest BCUT2D eigenvalue weighted by atomic mass is 16.6. The molecule has 0 bridgehead atoms. The van der Waals surface area contributed by atoms with Gasteiger partial charge in [0.15, 0.2) is 0 Å². The minimum Gasteiger partial charge on any atom is -0.481 e. The van der Waals surface area contributed by atoms with Gasteiger partial charge in [-0.2, -0.15) is 0 Å². The molecule has 0 saturated carbocycles. The molecular weight excluding hydrogens is 460 g/mol. The molecule has 0 spiro atoms. The number of benzene rings is 3. The lowest BCUT2D eigenvalue weighted by Crippen LogP contribution is -2.44. The summed E-state index contributed by atoms with van der Waals surface area (Å²) >= 11 is 0. The number of anilines is 1. The van der Waals surface area contributed by atoms with E-state index in [4.69, 9.17) is 9.47 Å². The molecule has 3 aromatic carbocycles. The van der Waals surface area contributed by atoms with E-state index in [2.05, 4.69) is 0 Å². The number of aryl methyl sites for hydroxylation is 1. The van der Waals surface area contributed by atoms with Gasteiger partial charge >= 0.3 is 11.9 Å². The number of aliphatic carboxylic acids is 1. The number of carbonyl (C=O) groups is 3. The predicted molar refractivity (Wildman–Crippen MR) is 134 cm³/mol. The SMILES string of the molecule is Cc1cc2c(CC(=O)O)cccc2n1C(=O)c1ccc(OC(=O)C2CN(C)c3ccccc3O2)cc1. The highest BCUT2D eigenvalue weighted by Crippen LogP contribution is 2.32. The Balaban J connectivity index is 1.33. The van der Waals surface area contributed by atoms with Gasteiger partial charge in [0.2, 0.25) is 6.10 Å². The lowest BCUT2D eigenvalue weighted by Gasteiger charge is -2.32. The van der Waals surface area contributed by atoms with Crippen molar-refractivity contribution in [1.29, 1.82) is 0 Å². The van der Waals surface area contributed by atoms with Crippen molar-refractivity contribution < 1.29 is 29.0 Å². The van der Waals surface area contributed by atoms with E-state index in [0.717, 1.165) is 11.1 Å². The summed E-state index contributed by atoms with van der Waals surface area (Å²) in [6, 6.07) is 20.9. The van der Waals surface area contributed by atoms with Crippen LogP contribution < -0.4 is 14.4 Å². The number of carbonyl (C=O) groups excluding carboxylic acids is 2. The van der Waals surface area contributed by atoms with Crippen LogP contribution in [0.25, 0.3) is 10.9 Å². The first-order valence-corrected chi connectivity index (χ1v) is 11.5. The Morgan fingerprint density at radius 3 is 2.53 bits per heavy atom. The monoisotopic (exact) mass is 484 g/mol. The summed E-state index contributed by atoms with van der Waals surface area (Å²) in [4.78, 5) is 39.2. The molecule has 0 aliphatic carbocycles. The number of ether oxygens (including phenoxy) is 2. The molecule has 0 radical (unpaired) electrons. The topological polar surface area (TPSA) is 98.1 Å². The van der Waals surface area contributed by atoms with Crippen molar-refractivity contribution in [2.45, 2.75) is 19.4 Å². The van der Waals surface area contributed by atoms with E-state index in [1.54, 1.807) is 54.0 Å². The molecule has 8 nitrogen and oxygen atoms in total. The van der Waals surface area contributed by atoms with Crippen LogP contribution >= 0.6 is 0 Å². The third-order valence-electron chi connectivity index (χ3n) is 6.23. The average Bonchev–Trinajstić information content (AvgIpc) is 3.20. The van der Waals surface area contributed by atoms with Crippen LogP contribution in [0.1, 0.15) is 21.6 Å². The second kappa shape index (κ2) is 9.22. The Kier molecular flexibility index (Phi) is 5.93. The lowest BCUT2D eigenvalue weighted by molar-refractivity contribution is -0.142. The van der Waals surface area contributed by atoms with Crippen LogP contribution in [0, 0.1) is 6.92 Å². The Hall–Kier alpha value is -4.59. The molecule has 8 heteroatoms. The van der Waals surface area contributed by atoms with Crippen LogP contribution in [0.4, 0.5) is 5.69 Å². The van der Waals surface area contributed by atoms with E-state index in [1.807, 2.05) is 42.3 Å². The molecule has 4 aromatic rings. The number of nitrogens with zero attached hydrogens (tertiary/aromatic N) is 2. The second-order valence-corrected chi connectivity index (χ2v) is 8.75. The largest absolute Gasteiger partial charge is 0.481 e. The van der Waals surface area contributed by atoms with Crippen LogP contribution in [-0.2, 0) is 16.0 Å². The van der Waals surface area contributed by atoms with E-state index in [9.17, 15) is 19.5 Å². The number of carboxylic acid groups (broad SMARTS) is 1. The van der Waals surface area contributed by atoms with Crippen molar-refractivity contribution in [3.63, 3.8) is 0 Å². The number of likely N-dealkylation sites (N-methyl/N-ethyl adjacent to an activating group) is 1. The molecule has 1 aromatic heterocycles. The summed E-state index contributed by atoms with van der Waals surface area (Å²) in [7, 11) is 1.89. The van der Waals surface area contributed by atoms with Crippen molar-refractivity contribution in [3.05, 3.63) is 89.6 Å². The number of para-hydroxylation sites is 2. The van der Waals surface area contributed by atoms with Gasteiger partial charge in [-0.3, -0.25) is 14.2 Å². The Bertz CT molecular complexity index is 1490. The molecule has 2 heterocycles. The van der Waals surface area contributed by atoms with E-state index >= 15 is 0 Å². The molecule has 0 amide bonds. The number of aromatic nitrogens is 1. The van der Waals surface area contributed by atoms with Crippen molar-refractivity contribution in [2.24, 2.45) is 0 Å². The number of hydrogen-bond acceptors (Lipinski definition) is 6.